The van der Waals surface area contributed by atoms with Crippen LogP contribution in [0.25, 0.3) is 0 Å². The summed E-state index contributed by atoms with van der Waals surface area (Å²) in [4.78, 5) is 0. The summed E-state index contributed by atoms with van der Waals surface area (Å²) >= 11 is 1.78. The molecule has 0 spiro atoms. The molecule has 0 radical (unpaired) electrons. The molecule has 1 rings (SSSR count). The van der Waals surface area contributed by atoms with Gasteiger partial charge in [0.25, 0.3) is 0 Å². The first-order valence-corrected chi connectivity index (χ1v) is 8.46. The molecule has 0 aliphatic rings. The molecule has 0 heterocycles. The van der Waals surface area contributed by atoms with Gasteiger partial charge in [0.2, 0.25) is 0 Å². The summed E-state index contributed by atoms with van der Waals surface area (Å²) in [5.74, 6) is 0. The molecular formula is C16H24F3NS. The van der Waals surface area contributed by atoms with Gasteiger partial charge < -0.3 is 5.32 Å². The Balaban J connectivity index is 2.88. The number of rotatable bonds is 7. The molecule has 0 fully saturated rings. The topological polar surface area (TPSA) is 12.0 Å². The number of alkyl halides is 3. The Morgan fingerprint density at radius 3 is 2.19 bits per heavy atom. The van der Waals surface area contributed by atoms with Gasteiger partial charge in [-0.05, 0) is 37.7 Å². The van der Waals surface area contributed by atoms with Gasteiger partial charge in [-0.3, -0.25) is 0 Å². The lowest BCUT2D eigenvalue weighted by Crippen LogP contribution is -2.38. The van der Waals surface area contributed by atoms with Gasteiger partial charge in [-0.25, -0.2) is 0 Å². The third-order valence-corrected chi connectivity index (χ3v) is 5.77. The monoisotopic (exact) mass is 319 g/mol. The third kappa shape index (κ3) is 4.65. The highest BCUT2D eigenvalue weighted by Gasteiger charge is 2.34. The van der Waals surface area contributed by atoms with Gasteiger partial charge in [-0.2, -0.15) is 24.9 Å². The van der Waals surface area contributed by atoms with Crippen LogP contribution in [0.3, 0.4) is 0 Å². The number of hydrogen-bond acceptors (Lipinski definition) is 2. The van der Waals surface area contributed by atoms with Gasteiger partial charge in [0.05, 0.1) is 5.56 Å². The number of benzene rings is 1. The average Bonchev–Trinajstić information content (AvgIpc) is 2.48. The van der Waals surface area contributed by atoms with Crippen LogP contribution in [0.2, 0.25) is 0 Å². The van der Waals surface area contributed by atoms with Crippen molar-refractivity contribution in [2.75, 3.05) is 12.8 Å². The van der Waals surface area contributed by atoms with Crippen LogP contribution in [0, 0.1) is 0 Å². The SMILES string of the molecule is CCC(CC)(CNC(C)c1ccccc1C(F)(F)F)SC. The Morgan fingerprint density at radius 2 is 1.71 bits per heavy atom. The molecule has 0 saturated carbocycles. The van der Waals surface area contributed by atoms with E-state index >= 15 is 0 Å². The van der Waals surface area contributed by atoms with Gasteiger partial charge in [0.1, 0.15) is 0 Å². The minimum absolute atomic E-state index is 0.0848. The molecule has 1 nitrogen and oxygen atoms in total. The summed E-state index contributed by atoms with van der Waals surface area (Å²) in [6.45, 7) is 6.74. The van der Waals surface area contributed by atoms with Crippen molar-refractivity contribution >= 4 is 11.8 Å². The molecule has 0 aliphatic carbocycles. The molecule has 0 aromatic heterocycles. The average molecular weight is 319 g/mol. The molecule has 1 atom stereocenters. The maximum Gasteiger partial charge on any atom is 0.416 e. The van der Waals surface area contributed by atoms with Crippen LogP contribution in [-0.2, 0) is 6.18 Å². The predicted octanol–water partition coefficient (Wildman–Crippen LogP) is 5.28. The molecular weight excluding hydrogens is 295 g/mol. The lowest BCUT2D eigenvalue weighted by atomic mass is 9.98. The van der Waals surface area contributed by atoms with Crippen LogP contribution < -0.4 is 5.32 Å². The van der Waals surface area contributed by atoms with Gasteiger partial charge in [0, 0.05) is 17.3 Å². The molecule has 1 aromatic rings. The molecule has 5 heteroatoms. The van der Waals surface area contributed by atoms with Crippen molar-refractivity contribution in [3.8, 4) is 0 Å². The first kappa shape index (κ1) is 18.4. The molecule has 1 N–H and O–H groups in total. The van der Waals surface area contributed by atoms with Gasteiger partial charge in [-0.1, -0.05) is 32.0 Å². The number of nitrogens with one attached hydrogen (secondary N) is 1. The van der Waals surface area contributed by atoms with E-state index in [1.807, 2.05) is 0 Å². The number of halogens is 3. The van der Waals surface area contributed by atoms with Crippen LogP contribution in [0.5, 0.6) is 0 Å². The second-order valence-corrected chi connectivity index (χ2v) is 6.56. The van der Waals surface area contributed by atoms with E-state index in [-0.39, 0.29) is 10.8 Å². The van der Waals surface area contributed by atoms with E-state index in [0.717, 1.165) is 18.9 Å². The normalized spacial score (nSPS) is 14.2. The van der Waals surface area contributed by atoms with Crippen molar-refractivity contribution in [3.63, 3.8) is 0 Å². The molecule has 1 aromatic carbocycles. The van der Waals surface area contributed by atoms with Gasteiger partial charge in [0.15, 0.2) is 0 Å². The summed E-state index contributed by atoms with van der Waals surface area (Å²) in [7, 11) is 0. The molecule has 21 heavy (non-hydrogen) atoms. The van der Waals surface area contributed by atoms with Crippen LogP contribution in [0.1, 0.15) is 50.8 Å². The summed E-state index contributed by atoms with van der Waals surface area (Å²) in [5, 5.41) is 3.28. The lowest BCUT2D eigenvalue weighted by Gasteiger charge is -2.32. The minimum Gasteiger partial charge on any atom is -0.309 e. The highest BCUT2D eigenvalue weighted by atomic mass is 32.2. The molecule has 120 valence electrons. The second-order valence-electron chi connectivity index (χ2n) is 5.28. The van der Waals surface area contributed by atoms with E-state index in [2.05, 4.69) is 25.4 Å². The first-order chi connectivity index (χ1) is 9.79. The summed E-state index contributed by atoms with van der Waals surface area (Å²) in [5.41, 5.74) is -0.236. The fraction of sp³-hybridized carbons (Fsp3) is 0.625. The van der Waals surface area contributed by atoms with Crippen molar-refractivity contribution in [1.82, 2.24) is 5.32 Å². The highest BCUT2D eigenvalue weighted by Crippen LogP contribution is 2.35. The smallest absolute Gasteiger partial charge is 0.309 e. The standard InChI is InChI=1S/C16H24F3NS/c1-5-15(6-2,21-4)11-20-12(3)13-9-7-8-10-14(13)16(17,18)19/h7-10,12,20H,5-6,11H2,1-4H3. The fourth-order valence-corrected chi connectivity index (χ4v) is 3.25. The van der Waals surface area contributed by atoms with E-state index in [1.54, 1.807) is 30.8 Å². The summed E-state index contributed by atoms with van der Waals surface area (Å²) in [6, 6.07) is 5.47. The highest BCUT2D eigenvalue weighted by molar-refractivity contribution is 8.00. The van der Waals surface area contributed by atoms with E-state index in [1.165, 1.54) is 6.07 Å². The minimum atomic E-state index is -4.31. The Hall–Kier alpha value is -0.680. The zero-order valence-corrected chi connectivity index (χ0v) is 13.9. The second kappa shape index (κ2) is 7.54. The Bertz CT molecular complexity index is 433. The Kier molecular flexibility index (Phi) is 6.60. The van der Waals surface area contributed by atoms with Crippen LogP contribution in [0.4, 0.5) is 13.2 Å². The zero-order chi connectivity index (χ0) is 16.1. The quantitative estimate of drug-likeness (QED) is 0.734. The molecule has 0 amide bonds. The first-order valence-electron chi connectivity index (χ1n) is 7.24. The summed E-state index contributed by atoms with van der Waals surface area (Å²) < 4.78 is 39.2. The maximum atomic E-state index is 13.0. The zero-order valence-electron chi connectivity index (χ0n) is 13.1. The van der Waals surface area contributed by atoms with Crippen LogP contribution >= 0.6 is 11.8 Å². The van der Waals surface area contributed by atoms with Crippen molar-refractivity contribution in [2.45, 2.75) is 50.6 Å². The lowest BCUT2D eigenvalue weighted by molar-refractivity contribution is -0.138. The number of thioether (sulfide) groups is 1. The van der Waals surface area contributed by atoms with E-state index < -0.39 is 11.7 Å². The molecule has 0 bridgehead atoms. The van der Waals surface area contributed by atoms with Gasteiger partial charge >= 0.3 is 6.18 Å². The van der Waals surface area contributed by atoms with Crippen molar-refractivity contribution in [2.24, 2.45) is 0 Å². The third-order valence-electron chi connectivity index (χ3n) is 4.18. The van der Waals surface area contributed by atoms with E-state index in [4.69, 9.17) is 0 Å². The van der Waals surface area contributed by atoms with Crippen molar-refractivity contribution < 1.29 is 13.2 Å². The summed E-state index contributed by atoms with van der Waals surface area (Å²) in [6.07, 6.45) is -0.266. The molecule has 0 saturated heterocycles. The Labute approximate surface area is 129 Å². The maximum absolute atomic E-state index is 13.0. The number of hydrogen-bond donors (Lipinski definition) is 1. The molecule has 0 aliphatic heterocycles. The van der Waals surface area contributed by atoms with E-state index in [0.29, 0.717) is 12.1 Å². The van der Waals surface area contributed by atoms with Gasteiger partial charge in [-0.15, -0.1) is 0 Å². The van der Waals surface area contributed by atoms with Crippen molar-refractivity contribution in [3.05, 3.63) is 35.4 Å². The Morgan fingerprint density at radius 1 is 1.14 bits per heavy atom. The van der Waals surface area contributed by atoms with Crippen LogP contribution in [-0.4, -0.2) is 17.5 Å². The van der Waals surface area contributed by atoms with E-state index in [9.17, 15) is 13.2 Å². The van der Waals surface area contributed by atoms with Crippen molar-refractivity contribution in [1.29, 1.82) is 0 Å². The predicted molar refractivity (Wildman–Crippen MR) is 84.7 cm³/mol. The molecule has 1 unspecified atom stereocenters. The van der Waals surface area contributed by atoms with Crippen LogP contribution in [0.15, 0.2) is 24.3 Å². The largest absolute Gasteiger partial charge is 0.416 e. The fourth-order valence-electron chi connectivity index (χ4n) is 2.44.